The van der Waals surface area contributed by atoms with E-state index in [0.29, 0.717) is 0 Å². The molecule has 0 aliphatic rings. The Morgan fingerprint density at radius 3 is 1.00 bits per heavy atom. The van der Waals surface area contributed by atoms with Crippen molar-refractivity contribution in [3.05, 3.63) is 91.0 Å². The van der Waals surface area contributed by atoms with Crippen molar-refractivity contribution in [3.8, 4) is 17.2 Å². The molecular formula is C41H60O3. The van der Waals surface area contributed by atoms with Crippen molar-refractivity contribution in [3.63, 3.8) is 0 Å². The van der Waals surface area contributed by atoms with E-state index in [1.54, 1.807) is 0 Å². The average molecular weight is 601 g/mol. The van der Waals surface area contributed by atoms with Gasteiger partial charge in [0.25, 0.3) is 0 Å². The number of ether oxygens (including phenoxy) is 3. The maximum Gasteiger partial charge on any atom is 0.423 e. The van der Waals surface area contributed by atoms with Gasteiger partial charge in [0, 0.05) is 0 Å². The Kier molecular flexibility index (Phi) is 16.9. The molecule has 3 aromatic rings. The van der Waals surface area contributed by atoms with Gasteiger partial charge in [-0.25, -0.2) is 0 Å². The van der Waals surface area contributed by atoms with Gasteiger partial charge in [-0.3, -0.25) is 0 Å². The smallest absolute Gasteiger partial charge is 0.420 e. The zero-order valence-electron chi connectivity index (χ0n) is 28.1. The van der Waals surface area contributed by atoms with Gasteiger partial charge < -0.3 is 14.2 Å². The molecule has 0 aromatic heterocycles. The van der Waals surface area contributed by atoms with Gasteiger partial charge in [-0.05, 0) is 55.7 Å². The van der Waals surface area contributed by atoms with Crippen LogP contribution in [0.5, 0.6) is 17.2 Å². The Hall–Kier alpha value is -2.94. The van der Waals surface area contributed by atoms with Crippen LogP contribution in [0.15, 0.2) is 91.0 Å². The van der Waals surface area contributed by atoms with Crippen LogP contribution in [0.1, 0.15) is 136 Å². The fourth-order valence-corrected chi connectivity index (χ4v) is 6.47. The molecule has 1 unspecified atom stereocenters. The summed E-state index contributed by atoms with van der Waals surface area (Å²) in [4.78, 5) is 0. The number of rotatable bonds is 25. The fourth-order valence-electron chi connectivity index (χ4n) is 6.47. The van der Waals surface area contributed by atoms with E-state index in [4.69, 9.17) is 14.2 Å². The minimum Gasteiger partial charge on any atom is -0.420 e. The topological polar surface area (TPSA) is 27.7 Å². The van der Waals surface area contributed by atoms with E-state index >= 15 is 0 Å². The summed E-state index contributed by atoms with van der Waals surface area (Å²) in [5, 5.41) is 0. The summed E-state index contributed by atoms with van der Waals surface area (Å²) in [6, 6.07) is 30.4. The number of hydrogen-bond donors (Lipinski definition) is 0. The molecule has 0 bridgehead atoms. The van der Waals surface area contributed by atoms with E-state index in [1.165, 1.54) is 77.0 Å². The first-order valence-electron chi connectivity index (χ1n) is 17.9. The summed E-state index contributed by atoms with van der Waals surface area (Å²) < 4.78 is 21.3. The summed E-state index contributed by atoms with van der Waals surface area (Å²) in [6.07, 6.45) is 21.8. The van der Waals surface area contributed by atoms with Crippen LogP contribution >= 0.6 is 0 Å². The second kappa shape index (κ2) is 20.9. The molecule has 0 saturated heterocycles. The highest BCUT2D eigenvalue weighted by Crippen LogP contribution is 2.50. The highest BCUT2D eigenvalue weighted by molar-refractivity contribution is 5.27. The predicted octanol–water partition coefficient (Wildman–Crippen LogP) is 12.9. The molecule has 0 saturated carbocycles. The summed E-state index contributed by atoms with van der Waals surface area (Å²) in [5.74, 6) is 0.952. The first kappa shape index (κ1) is 35.5. The fraction of sp³-hybridized carbons (Fsp3) is 0.561. The lowest BCUT2D eigenvalue weighted by molar-refractivity contribution is -0.328. The van der Waals surface area contributed by atoms with Gasteiger partial charge in [-0.2, -0.15) is 0 Å². The van der Waals surface area contributed by atoms with Crippen LogP contribution < -0.4 is 14.2 Å². The predicted molar refractivity (Wildman–Crippen MR) is 187 cm³/mol. The molecule has 0 radical (unpaired) electrons. The standard InChI is InChI=1S/C41H60O3/c1-4-7-9-11-13-14-16-27-36-40(34-6-3,35-26-15-12-10-8-5-2)41(42-37-28-20-17-21-29-37,43-38-30-22-18-23-31-38)44-39-32-24-19-25-33-39/h17-25,28-33H,4-16,26-27,34-36H2,1-3H3. The van der Waals surface area contributed by atoms with Crippen LogP contribution in [0.4, 0.5) is 0 Å². The van der Waals surface area contributed by atoms with E-state index in [1.807, 2.05) is 91.0 Å². The molecule has 0 aliphatic carbocycles. The molecule has 0 heterocycles. The zero-order chi connectivity index (χ0) is 31.2. The molecule has 242 valence electrons. The van der Waals surface area contributed by atoms with Crippen LogP contribution in [0.25, 0.3) is 0 Å². The molecule has 0 spiro atoms. The molecule has 1 atom stereocenters. The van der Waals surface area contributed by atoms with Gasteiger partial charge in [0.2, 0.25) is 0 Å². The Bertz CT molecular complexity index is 983. The second-order valence-corrected chi connectivity index (χ2v) is 12.6. The van der Waals surface area contributed by atoms with Crippen LogP contribution in [-0.4, -0.2) is 5.97 Å². The Balaban J connectivity index is 2.02. The third-order valence-corrected chi connectivity index (χ3v) is 8.88. The van der Waals surface area contributed by atoms with Crippen molar-refractivity contribution in [1.29, 1.82) is 0 Å². The molecule has 0 aliphatic heterocycles. The van der Waals surface area contributed by atoms with Crippen molar-refractivity contribution < 1.29 is 14.2 Å². The molecule has 3 aromatic carbocycles. The van der Waals surface area contributed by atoms with Crippen molar-refractivity contribution in [1.82, 2.24) is 0 Å². The number of hydrogen-bond acceptors (Lipinski definition) is 3. The van der Waals surface area contributed by atoms with Gasteiger partial charge >= 0.3 is 5.97 Å². The van der Waals surface area contributed by atoms with Gasteiger partial charge in [-0.15, -0.1) is 0 Å². The van der Waals surface area contributed by atoms with Crippen LogP contribution in [0.3, 0.4) is 0 Å². The van der Waals surface area contributed by atoms with Crippen molar-refractivity contribution in [2.45, 2.75) is 142 Å². The number of benzene rings is 3. The number of para-hydroxylation sites is 3. The molecule has 0 fully saturated rings. The zero-order valence-corrected chi connectivity index (χ0v) is 28.1. The molecule has 3 rings (SSSR count). The normalized spacial score (nSPS) is 12.9. The maximum atomic E-state index is 7.10. The van der Waals surface area contributed by atoms with Crippen LogP contribution in [0.2, 0.25) is 0 Å². The highest BCUT2D eigenvalue weighted by atomic mass is 16.9. The lowest BCUT2D eigenvalue weighted by Gasteiger charge is -2.48. The van der Waals surface area contributed by atoms with Gasteiger partial charge in [0.05, 0.1) is 5.41 Å². The SMILES string of the molecule is CCCCCCCCCCC(CCC)(CCCCCCCC)C(Oc1ccccc1)(Oc1ccccc1)Oc1ccccc1. The van der Waals surface area contributed by atoms with Crippen LogP contribution in [0, 0.1) is 5.41 Å². The van der Waals surface area contributed by atoms with Crippen molar-refractivity contribution in [2.75, 3.05) is 0 Å². The Labute approximate surface area is 269 Å². The lowest BCUT2D eigenvalue weighted by Crippen LogP contribution is -2.61. The van der Waals surface area contributed by atoms with E-state index in [0.717, 1.165) is 55.8 Å². The first-order chi connectivity index (χ1) is 21.7. The molecule has 3 nitrogen and oxygen atoms in total. The number of unbranched alkanes of at least 4 members (excludes halogenated alkanes) is 12. The minimum atomic E-state index is -1.34. The van der Waals surface area contributed by atoms with Crippen LogP contribution in [-0.2, 0) is 0 Å². The lowest BCUT2D eigenvalue weighted by atomic mass is 9.71. The highest BCUT2D eigenvalue weighted by Gasteiger charge is 2.58. The van der Waals surface area contributed by atoms with Crippen molar-refractivity contribution in [2.24, 2.45) is 5.41 Å². The largest absolute Gasteiger partial charge is 0.423 e. The minimum absolute atomic E-state index is 0.351. The molecular weight excluding hydrogens is 540 g/mol. The van der Waals surface area contributed by atoms with Gasteiger partial charge in [-0.1, -0.05) is 172 Å². The second-order valence-electron chi connectivity index (χ2n) is 12.6. The molecule has 44 heavy (non-hydrogen) atoms. The molecule has 3 heteroatoms. The van der Waals surface area contributed by atoms with Crippen molar-refractivity contribution >= 4 is 0 Å². The Morgan fingerprint density at radius 2 is 0.682 bits per heavy atom. The van der Waals surface area contributed by atoms with E-state index in [2.05, 4.69) is 20.8 Å². The quantitative estimate of drug-likeness (QED) is 0.0715. The van der Waals surface area contributed by atoms with E-state index in [9.17, 15) is 0 Å². The first-order valence-corrected chi connectivity index (χ1v) is 17.9. The summed E-state index contributed by atoms with van der Waals surface area (Å²) >= 11 is 0. The third kappa shape index (κ3) is 11.9. The Morgan fingerprint density at radius 1 is 0.364 bits per heavy atom. The van der Waals surface area contributed by atoms with Gasteiger partial charge in [0.1, 0.15) is 17.2 Å². The molecule has 0 N–H and O–H groups in total. The van der Waals surface area contributed by atoms with Gasteiger partial charge in [0.15, 0.2) is 0 Å². The average Bonchev–Trinajstić information content (AvgIpc) is 3.05. The van der Waals surface area contributed by atoms with E-state index < -0.39 is 5.97 Å². The van der Waals surface area contributed by atoms with E-state index in [-0.39, 0.29) is 5.41 Å². The third-order valence-electron chi connectivity index (χ3n) is 8.88. The summed E-state index contributed by atoms with van der Waals surface area (Å²) in [6.45, 7) is 6.87. The maximum absolute atomic E-state index is 7.10. The molecule has 0 amide bonds. The summed E-state index contributed by atoms with van der Waals surface area (Å²) in [7, 11) is 0. The monoisotopic (exact) mass is 600 g/mol. The summed E-state index contributed by atoms with van der Waals surface area (Å²) in [5.41, 5.74) is -0.351.